The molecule has 0 atom stereocenters. The predicted molar refractivity (Wildman–Crippen MR) is 92.5 cm³/mol. The van der Waals surface area contributed by atoms with Crippen molar-refractivity contribution in [3.8, 4) is 0 Å². The zero-order valence-corrected chi connectivity index (χ0v) is 13.5. The Hall–Kier alpha value is -2.37. The van der Waals surface area contributed by atoms with Gasteiger partial charge in [-0.15, -0.1) is 0 Å². The van der Waals surface area contributed by atoms with Gasteiger partial charge in [-0.3, -0.25) is 9.59 Å². The average Bonchev–Trinajstić information content (AvgIpc) is 2.49. The molecule has 2 rings (SSSR count). The van der Waals surface area contributed by atoms with Crippen LogP contribution in [0.1, 0.15) is 12.5 Å². The van der Waals surface area contributed by atoms with Gasteiger partial charge in [0.15, 0.2) is 0 Å². The van der Waals surface area contributed by atoms with Crippen molar-refractivity contribution >= 4 is 34.8 Å². The number of benzene rings is 2. The Morgan fingerprint density at radius 3 is 2.30 bits per heavy atom. The second kappa shape index (κ2) is 8.31. The number of hydrogen-bond donors (Lipinski definition) is 3. The number of hydrogen-bond acceptors (Lipinski definition) is 3. The van der Waals surface area contributed by atoms with Gasteiger partial charge in [0.25, 0.3) is 0 Å². The monoisotopic (exact) mass is 331 g/mol. The fourth-order valence-electron chi connectivity index (χ4n) is 2.01. The molecule has 0 heterocycles. The van der Waals surface area contributed by atoms with Gasteiger partial charge in [-0.1, -0.05) is 29.8 Å². The summed E-state index contributed by atoms with van der Waals surface area (Å²) >= 11 is 5.82. The number of anilines is 2. The van der Waals surface area contributed by atoms with E-state index in [0.29, 0.717) is 22.9 Å². The van der Waals surface area contributed by atoms with Crippen molar-refractivity contribution in [1.82, 2.24) is 5.32 Å². The fourth-order valence-corrected chi connectivity index (χ4v) is 2.13. The van der Waals surface area contributed by atoms with Crippen LogP contribution < -0.4 is 16.0 Å². The van der Waals surface area contributed by atoms with Crippen LogP contribution in [0.4, 0.5) is 11.4 Å². The molecule has 0 aliphatic rings. The molecule has 3 N–H and O–H groups in total. The predicted octanol–water partition coefficient (Wildman–Crippen LogP) is 3.03. The van der Waals surface area contributed by atoms with Crippen molar-refractivity contribution in [3.63, 3.8) is 0 Å². The summed E-state index contributed by atoms with van der Waals surface area (Å²) in [7, 11) is 0. The zero-order valence-electron chi connectivity index (χ0n) is 12.7. The van der Waals surface area contributed by atoms with E-state index in [2.05, 4.69) is 16.0 Å². The standard InChI is InChI=1S/C17H18ClN3O2/c1-12(22)20-15-3-2-4-16(9-15)21-17(23)11-19-10-13-5-7-14(18)8-6-13/h2-9,19H,10-11H2,1H3,(H,20,22)(H,21,23). The molecule has 0 aliphatic heterocycles. The van der Waals surface area contributed by atoms with E-state index in [1.165, 1.54) is 6.92 Å². The van der Waals surface area contributed by atoms with E-state index in [-0.39, 0.29) is 18.4 Å². The van der Waals surface area contributed by atoms with Gasteiger partial charge in [0, 0.05) is 29.9 Å². The third-order valence-corrected chi connectivity index (χ3v) is 3.25. The normalized spacial score (nSPS) is 10.2. The lowest BCUT2D eigenvalue weighted by molar-refractivity contribution is -0.115. The molecule has 0 bridgehead atoms. The lowest BCUT2D eigenvalue weighted by Crippen LogP contribution is -2.27. The lowest BCUT2D eigenvalue weighted by atomic mass is 10.2. The van der Waals surface area contributed by atoms with Crippen LogP contribution in [0.25, 0.3) is 0 Å². The van der Waals surface area contributed by atoms with Crippen LogP contribution in [0.3, 0.4) is 0 Å². The molecule has 0 spiro atoms. The van der Waals surface area contributed by atoms with E-state index in [9.17, 15) is 9.59 Å². The summed E-state index contributed by atoms with van der Waals surface area (Å²) in [6.07, 6.45) is 0. The van der Waals surface area contributed by atoms with Gasteiger partial charge in [-0.05, 0) is 35.9 Å². The van der Waals surface area contributed by atoms with Crippen LogP contribution in [0.2, 0.25) is 5.02 Å². The summed E-state index contributed by atoms with van der Waals surface area (Å²) < 4.78 is 0. The number of carbonyl (C=O) groups is 2. The Morgan fingerprint density at radius 1 is 1.00 bits per heavy atom. The first kappa shape index (κ1) is 17.0. The summed E-state index contributed by atoms with van der Waals surface area (Å²) in [6.45, 7) is 2.20. The summed E-state index contributed by atoms with van der Waals surface area (Å²) in [5.74, 6) is -0.308. The molecule has 120 valence electrons. The zero-order chi connectivity index (χ0) is 16.7. The highest BCUT2D eigenvalue weighted by atomic mass is 35.5. The maximum Gasteiger partial charge on any atom is 0.238 e. The molecule has 23 heavy (non-hydrogen) atoms. The van der Waals surface area contributed by atoms with Crippen LogP contribution in [0.5, 0.6) is 0 Å². The highest BCUT2D eigenvalue weighted by Gasteiger charge is 2.03. The maximum atomic E-state index is 11.9. The largest absolute Gasteiger partial charge is 0.326 e. The Bertz CT molecular complexity index is 686. The molecule has 2 aromatic carbocycles. The highest BCUT2D eigenvalue weighted by molar-refractivity contribution is 6.30. The van der Waals surface area contributed by atoms with E-state index in [1.54, 1.807) is 24.3 Å². The van der Waals surface area contributed by atoms with Crippen LogP contribution in [0, 0.1) is 0 Å². The molecule has 0 unspecified atom stereocenters. The summed E-state index contributed by atoms with van der Waals surface area (Å²) in [5, 5.41) is 9.20. The van der Waals surface area contributed by atoms with Gasteiger partial charge in [-0.25, -0.2) is 0 Å². The minimum Gasteiger partial charge on any atom is -0.326 e. The quantitative estimate of drug-likeness (QED) is 0.762. The molecule has 2 amide bonds. The van der Waals surface area contributed by atoms with Crippen LogP contribution in [0.15, 0.2) is 48.5 Å². The first-order valence-corrected chi connectivity index (χ1v) is 7.53. The summed E-state index contributed by atoms with van der Waals surface area (Å²) in [4.78, 5) is 22.9. The summed E-state index contributed by atoms with van der Waals surface area (Å²) in [6, 6.07) is 14.4. The van der Waals surface area contributed by atoms with Gasteiger partial charge in [0.05, 0.1) is 6.54 Å². The molecular weight excluding hydrogens is 314 g/mol. The number of amides is 2. The van der Waals surface area contributed by atoms with Crippen molar-refractivity contribution in [2.24, 2.45) is 0 Å². The van der Waals surface area contributed by atoms with Gasteiger partial charge < -0.3 is 16.0 Å². The number of nitrogens with one attached hydrogen (secondary N) is 3. The third kappa shape index (κ3) is 6.10. The Morgan fingerprint density at radius 2 is 1.65 bits per heavy atom. The van der Waals surface area contributed by atoms with Gasteiger partial charge in [0.2, 0.25) is 11.8 Å². The van der Waals surface area contributed by atoms with Crippen LogP contribution in [-0.4, -0.2) is 18.4 Å². The molecule has 0 saturated heterocycles. The highest BCUT2D eigenvalue weighted by Crippen LogP contribution is 2.14. The van der Waals surface area contributed by atoms with E-state index in [4.69, 9.17) is 11.6 Å². The SMILES string of the molecule is CC(=O)Nc1cccc(NC(=O)CNCc2ccc(Cl)cc2)c1. The summed E-state index contributed by atoms with van der Waals surface area (Å²) in [5.41, 5.74) is 2.33. The Balaban J connectivity index is 1.80. The van der Waals surface area contributed by atoms with E-state index in [0.717, 1.165) is 5.56 Å². The first-order chi connectivity index (χ1) is 11.0. The van der Waals surface area contributed by atoms with Crippen LogP contribution >= 0.6 is 11.6 Å². The van der Waals surface area contributed by atoms with Gasteiger partial charge in [0.1, 0.15) is 0 Å². The van der Waals surface area contributed by atoms with Gasteiger partial charge >= 0.3 is 0 Å². The molecule has 6 heteroatoms. The molecule has 5 nitrogen and oxygen atoms in total. The van der Waals surface area contributed by atoms with Gasteiger partial charge in [-0.2, -0.15) is 0 Å². The molecule has 0 saturated carbocycles. The van der Waals surface area contributed by atoms with Crippen molar-refractivity contribution in [1.29, 1.82) is 0 Å². The van der Waals surface area contributed by atoms with Crippen molar-refractivity contribution < 1.29 is 9.59 Å². The molecule has 0 aromatic heterocycles. The molecule has 0 radical (unpaired) electrons. The van der Waals surface area contributed by atoms with Crippen LogP contribution in [-0.2, 0) is 16.1 Å². The maximum absolute atomic E-state index is 11.9. The first-order valence-electron chi connectivity index (χ1n) is 7.15. The molecular formula is C17H18ClN3O2. The van der Waals surface area contributed by atoms with Crippen molar-refractivity contribution in [2.45, 2.75) is 13.5 Å². The number of rotatable bonds is 6. The minimum atomic E-state index is -0.155. The second-order valence-electron chi connectivity index (χ2n) is 5.04. The van der Waals surface area contributed by atoms with Crippen molar-refractivity contribution in [3.05, 3.63) is 59.1 Å². The Kier molecular flexibility index (Phi) is 6.14. The second-order valence-corrected chi connectivity index (χ2v) is 5.48. The smallest absolute Gasteiger partial charge is 0.238 e. The topological polar surface area (TPSA) is 70.2 Å². The van der Waals surface area contributed by atoms with E-state index >= 15 is 0 Å². The van der Waals surface area contributed by atoms with Crippen molar-refractivity contribution in [2.75, 3.05) is 17.2 Å². The molecule has 2 aromatic rings. The van der Waals surface area contributed by atoms with E-state index < -0.39 is 0 Å². The minimum absolute atomic E-state index is 0.154. The lowest BCUT2D eigenvalue weighted by Gasteiger charge is -2.09. The van der Waals surface area contributed by atoms with E-state index in [1.807, 2.05) is 24.3 Å². The Labute approximate surface area is 140 Å². The molecule has 0 fully saturated rings. The fraction of sp³-hybridized carbons (Fsp3) is 0.176. The average molecular weight is 332 g/mol. The number of carbonyl (C=O) groups excluding carboxylic acids is 2. The third-order valence-electron chi connectivity index (χ3n) is 2.99. The molecule has 0 aliphatic carbocycles. The number of halogens is 1.